The van der Waals surface area contributed by atoms with Crippen LogP contribution < -0.4 is 5.32 Å². The Hall–Kier alpha value is -3.34. The van der Waals surface area contributed by atoms with Crippen LogP contribution in [0.3, 0.4) is 0 Å². The average molecular weight is 616 g/mol. The second-order valence-electron chi connectivity index (χ2n) is 11.4. The molecular formula is C34H45F4N5O. The first-order valence-electron chi connectivity index (χ1n) is 15.3. The third-order valence-electron chi connectivity index (χ3n) is 7.91. The van der Waals surface area contributed by atoms with Crippen LogP contribution >= 0.6 is 0 Å². The highest BCUT2D eigenvalue weighted by Gasteiger charge is 2.33. The fourth-order valence-electron chi connectivity index (χ4n) is 5.39. The first kappa shape index (κ1) is 35.1. The van der Waals surface area contributed by atoms with Gasteiger partial charge in [0.1, 0.15) is 11.6 Å². The maximum atomic E-state index is 13.8. The normalized spacial score (nSPS) is 22.4. The topological polar surface area (TPSA) is 51.7 Å². The molecule has 10 heteroatoms. The molecule has 0 spiro atoms. The van der Waals surface area contributed by atoms with E-state index in [0.29, 0.717) is 31.7 Å². The van der Waals surface area contributed by atoms with Crippen LogP contribution in [0.15, 0.2) is 60.7 Å². The fraction of sp³-hybridized carbons (Fsp3) is 0.471. The summed E-state index contributed by atoms with van der Waals surface area (Å²) in [6.07, 6.45) is 0. The van der Waals surface area contributed by atoms with Crippen molar-refractivity contribution in [3.05, 3.63) is 101 Å². The number of amides is 1. The first-order chi connectivity index (χ1) is 21.0. The summed E-state index contributed by atoms with van der Waals surface area (Å²) < 4.78 is 52.6. The predicted molar refractivity (Wildman–Crippen MR) is 166 cm³/mol. The van der Waals surface area contributed by atoms with Gasteiger partial charge < -0.3 is 10.2 Å². The van der Waals surface area contributed by atoms with Crippen molar-refractivity contribution in [2.24, 2.45) is 0 Å². The lowest BCUT2D eigenvalue weighted by atomic mass is 10.1. The summed E-state index contributed by atoms with van der Waals surface area (Å²) in [4.78, 5) is 22.0. The van der Waals surface area contributed by atoms with Crippen LogP contribution in [-0.4, -0.2) is 75.9 Å². The molecule has 240 valence electrons. The second kappa shape index (κ2) is 16.7. The van der Waals surface area contributed by atoms with E-state index in [4.69, 9.17) is 0 Å². The van der Waals surface area contributed by atoms with E-state index in [1.54, 1.807) is 17.0 Å². The van der Waals surface area contributed by atoms with Crippen molar-refractivity contribution < 1.29 is 22.4 Å². The van der Waals surface area contributed by atoms with Gasteiger partial charge >= 0.3 is 0 Å². The zero-order chi connectivity index (χ0) is 32.4. The molecule has 0 saturated carbocycles. The van der Waals surface area contributed by atoms with Gasteiger partial charge in [-0.2, -0.15) is 13.8 Å². The zero-order valence-corrected chi connectivity index (χ0v) is 26.5. The number of hydrogen-bond acceptors (Lipinski definition) is 5. The van der Waals surface area contributed by atoms with Gasteiger partial charge in [-0.15, -0.1) is 0 Å². The largest absolute Gasteiger partial charge is 0.333 e. The number of nitrogens with zero attached hydrogens (tertiary/aromatic N) is 4. The van der Waals surface area contributed by atoms with Crippen LogP contribution in [0.1, 0.15) is 63.0 Å². The van der Waals surface area contributed by atoms with Gasteiger partial charge in [-0.3, -0.25) is 14.6 Å². The number of halogens is 4. The summed E-state index contributed by atoms with van der Waals surface area (Å²) >= 11 is 0. The van der Waals surface area contributed by atoms with Crippen LogP contribution in [-0.2, 0) is 13.1 Å². The first-order valence-corrected chi connectivity index (χ1v) is 15.3. The van der Waals surface area contributed by atoms with Gasteiger partial charge in [-0.25, -0.2) is 8.78 Å². The average Bonchev–Trinajstić information content (AvgIpc) is 3.00. The second-order valence-corrected chi connectivity index (χ2v) is 11.4. The Morgan fingerprint density at radius 3 is 1.77 bits per heavy atom. The molecule has 2 saturated heterocycles. The third-order valence-corrected chi connectivity index (χ3v) is 7.91. The van der Waals surface area contributed by atoms with E-state index in [0.717, 1.165) is 37.3 Å². The quantitative estimate of drug-likeness (QED) is 0.271. The SMILES string of the molecule is CC.CC1CN(Cc2ccc(F)cc2)[C@@H](C)CN1.CC1CN(Cc2ccc(F)cc2)[C@@H](C)CN1C(=O)c1ccc(F)nc1F. The Balaban J connectivity index is 0.000000251. The van der Waals surface area contributed by atoms with E-state index in [9.17, 15) is 22.4 Å². The highest BCUT2D eigenvalue weighted by molar-refractivity contribution is 5.94. The molecule has 6 nitrogen and oxygen atoms in total. The van der Waals surface area contributed by atoms with Gasteiger partial charge in [-0.05, 0) is 75.2 Å². The number of carbonyl (C=O) groups excluding carboxylic acids is 1. The van der Waals surface area contributed by atoms with E-state index in [1.165, 1.54) is 29.8 Å². The Morgan fingerprint density at radius 1 is 0.727 bits per heavy atom. The number of piperazine rings is 2. The Bertz CT molecular complexity index is 1320. The molecule has 2 fully saturated rings. The Kier molecular flexibility index (Phi) is 13.3. The van der Waals surface area contributed by atoms with Gasteiger partial charge in [0.25, 0.3) is 5.91 Å². The lowest BCUT2D eigenvalue weighted by molar-refractivity contribution is 0.0286. The minimum absolute atomic E-state index is 0.0386. The van der Waals surface area contributed by atoms with E-state index >= 15 is 0 Å². The molecule has 2 unspecified atom stereocenters. The predicted octanol–water partition coefficient (Wildman–Crippen LogP) is 6.27. The highest BCUT2D eigenvalue weighted by Crippen LogP contribution is 2.21. The molecule has 44 heavy (non-hydrogen) atoms. The Labute approximate surface area is 259 Å². The van der Waals surface area contributed by atoms with Gasteiger partial charge in [0.2, 0.25) is 11.9 Å². The van der Waals surface area contributed by atoms with Crippen molar-refractivity contribution in [1.29, 1.82) is 0 Å². The lowest BCUT2D eigenvalue weighted by Crippen LogP contribution is -2.57. The summed E-state index contributed by atoms with van der Waals surface area (Å²) in [6.45, 7) is 16.9. The van der Waals surface area contributed by atoms with Crippen molar-refractivity contribution in [2.75, 3.05) is 26.2 Å². The van der Waals surface area contributed by atoms with Gasteiger partial charge in [-0.1, -0.05) is 38.1 Å². The van der Waals surface area contributed by atoms with E-state index < -0.39 is 17.8 Å². The maximum Gasteiger partial charge on any atom is 0.258 e. The van der Waals surface area contributed by atoms with Crippen molar-refractivity contribution in [3.63, 3.8) is 0 Å². The molecule has 1 aromatic heterocycles. The number of pyridine rings is 1. The van der Waals surface area contributed by atoms with Crippen LogP contribution in [0.5, 0.6) is 0 Å². The lowest BCUT2D eigenvalue weighted by Gasteiger charge is -2.44. The highest BCUT2D eigenvalue weighted by atomic mass is 19.1. The molecular weight excluding hydrogens is 570 g/mol. The standard InChI is InChI=1S/C19H20F3N3O.C13H19FN2.C2H6/c1-12-10-25(19(26)16-7-8-17(21)23-18(16)22)13(2)9-24(12)11-14-3-5-15(20)6-4-14;1-10-8-16(11(2)7-15-10)9-12-3-5-13(14)6-4-12;1-2/h3-8,12-13H,9-11H2,1-2H3;3-6,10-11,15H,7-9H2,1-2H3;1-2H3/t12-,13?;10?,11-;/m00./s1. The monoisotopic (exact) mass is 615 g/mol. The molecule has 2 aliphatic heterocycles. The molecule has 1 N–H and O–H groups in total. The minimum Gasteiger partial charge on any atom is -0.333 e. The van der Waals surface area contributed by atoms with E-state index in [1.807, 2.05) is 39.8 Å². The van der Waals surface area contributed by atoms with E-state index in [2.05, 4.69) is 33.9 Å². The molecule has 2 aliphatic rings. The molecule has 0 radical (unpaired) electrons. The van der Waals surface area contributed by atoms with Crippen LogP contribution in [0.2, 0.25) is 0 Å². The number of rotatable bonds is 5. The summed E-state index contributed by atoms with van der Waals surface area (Å²) in [5, 5.41) is 3.45. The Morgan fingerprint density at radius 2 is 1.25 bits per heavy atom. The summed E-state index contributed by atoms with van der Waals surface area (Å²) in [6, 6.07) is 16.2. The number of hydrogen-bond donors (Lipinski definition) is 1. The number of aromatic nitrogens is 1. The number of carbonyl (C=O) groups is 1. The smallest absolute Gasteiger partial charge is 0.258 e. The third kappa shape index (κ3) is 9.84. The van der Waals surface area contributed by atoms with Gasteiger partial charge in [0.05, 0.1) is 5.56 Å². The van der Waals surface area contributed by atoms with Gasteiger partial charge in [0, 0.05) is 63.4 Å². The summed E-state index contributed by atoms with van der Waals surface area (Å²) in [7, 11) is 0. The molecule has 1 amide bonds. The molecule has 4 atom stereocenters. The number of nitrogens with one attached hydrogen (secondary N) is 1. The number of benzene rings is 2. The summed E-state index contributed by atoms with van der Waals surface area (Å²) in [5.41, 5.74) is 1.94. The van der Waals surface area contributed by atoms with Crippen LogP contribution in [0.25, 0.3) is 0 Å². The maximum absolute atomic E-state index is 13.8. The van der Waals surface area contributed by atoms with Gasteiger partial charge in [0.15, 0.2) is 0 Å². The van der Waals surface area contributed by atoms with Crippen molar-refractivity contribution in [2.45, 2.75) is 78.8 Å². The molecule has 3 aromatic rings. The fourth-order valence-corrected chi connectivity index (χ4v) is 5.39. The molecule has 2 aromatic carbocycles. The zero-order valence-electron chi connectivity index (χ0n) is 26.5. The summed E-state index contributed by atoms with van der Waals surface area (Å²) in [5.74, 6) is -2.98. The molecule has 3 heterocycles. The molecule has 5 rings (SSSR count). The van der Waals surface area contributed by atoms with Crippen LogP contribution in [0.4, 0.5) is 17.6 Å². The molecule has 0 aliphatic carbocycles. The minimum atomic E-state index is -1.09. The van der Waals surface area contributed by atoms with Crippen molar-refractivity contribution >= 4 is 5.91 Å². The van der Waals surface area contributed by atoms with E-state index in [-0.39, 0.29) is 29.3 Å². The molecule has 0 bridgehead atoms. The van der Waals surface area contributed by atoms with Crippen LogP contribution in [0, 0.1) is 23.5 Å². The van der Waals surface area contributed by atoms with Crippen molar-refractivity contribution in [3.8, 4) is 0 Å². The van der Waals surface area contributed by atoms with Crippen molar-refractivity contribution in [1.82, 2.24) is 25.0 Å².